The van der Waals surface area contributed by atoms with Crippen LogP contribution in [0.25, 0.3) is 5.69 Å². The standard InChI is InChI=1S/C16H22N4/c1-2-6-14(7-3-1)10-11-18-15-8-4-5-9-16(15)20-13-17-12-19-20/h4-5,8-9,12-14,18H,1-3,6-7,10-11H2. The Morgan fingerprint density at radius 2 is 2.00 bits per heavy atom. The Balaban J connectivity index is 1.60. The van der Waals surface area contributed by atoms with Crippen LogP contribution in [-0.4, -0.2) is 21.3 Å². The van der Waals surface area contributed by atoms with Crippen LogP contribution in [0.4, 0.5) is 5.69 Å². The SMILES string of the molecule is c1ccc(-n2cncn2)c(NCCC2CCCCC2)c1. The number of anilines is 1. The van der Waals surface area contributed by atoms with Gasteiger partial charge in [-0.25, -0.2) is 9.67 Å². The molecule has 106 valence electrons. The lowest BCUT2D eigenvalue weighted by Gasteiger charge is -2.22. The second-order valence-corrected chi connectivity index (χ2v) is 5.58. The number of nitrogens with one attached hydrogen (secondary N) is 1. The highest BCUT2D eigenvalue weighted by Gasteiger charge is 2.13. The van der Waals surface area contributed by atoms with Gasteiger partial charge in [0.25, 0.3) is 0 Å². The summed E-state index contributed by atoms with van der Waals surface area (Å²) >= 11 is 0. The topological polar surface area (TPSA) is 42.7 Å². The molecule has 4 heteroatoms. The van der Waals surface area contributed by atoms with Crippen molar-refractivity contribution in [1.29, 1.82) is 0 Å². The Morgan fingerprint density at radius 1 is 1.15 bits per heavy atom. The average molecular weight is 270 g/mol. The van der Waals surface area contributed by atoms with Gasteiger partial charge in [0.2, 0.25) is 0 Å². The number of benzene rings is 1. The van der Waals surface area contributed by atoms with Crippen molar-refractivity contribution in [1.82, 2.24) is 14.8 Å². The Labute approximate surface area is 120 Å². The van der Waals surface area contributed by atoms with E-state index in [1.807, 2.05) is 10.7 Å². The van der Waals surface area contributed by atoms with Crippen LogP contribution < -0.4 is 5.32 Å². The molecule has 1 N–H and O–H groups in total. The van der Waals surface area contributed by atoms with Gasteiger partial charge in [-0.15, -0.1) is 0 Å². The number of para-hydroxylation sites is 2. The first-order valence-corrected chi connectivity index (χ1v) is 7.61. The Hall–Kier alpha value is -1.84. The van der Waals surface area contributed by atoms with Gasteiger partial charge in [0, 0.05) is 6.54 Å². The number of hydrogen-bond acceptors (Lipinski definition) is 3. The van der Waals surface area contributed by atoms with Crippen molar-refractivity contribution in [3.8, 4) is 5.69 Å². The maximum atomic E-state index is 4.21. The summed E-state index contributed by atoms with van der Waals surface area (Å²) in [4.78, 5) is 4.02. The first-order chi connectivity index (χ1) is 9.93. The van der Waals surface area contributed by atoms with Crippen LogP contribution in [0.3, 0.4) is 0 Å². The molecule has 2 aromatic rings. The summed E-state index contributed by atoms with van der Waals surface area (Å²) in [7, 11) is 0. The molecule has 1 fully saturated rings. The molecule has 0 amide bonds. The Morgan fingerprint density at radius 3 is 2.80 bits per heavy atom. The van der Waals surface area contributed by atoms with Crippen molar-refractivity contribution in [3.63, 3.8) is 0 Å². The normalized spacial score (nSPS) is 16.2. The predicted molar refractivity (Wildman–Crippen MR) is 81.0 cm³/mol. The maximum absolute atomic E-state index is 4.21. The fourth-order valence-electron chi connectivity index (χ4n) is 3.04. The molecule has 1 saturated carbocycles. The summed E-state index contributed by atoms with van der Waals surface area (Å²) in [6, 6.07) is 8.27. The molecule has 0 saturated heterocycles. The Kier molecular flexibility index (Phi) is 4.31. The predicted octanol–water partition coefficient (Wildman–Crippen LogP) is 3.65. The first kappa shape index (κ1) is 13.2. The van der Waals surface area contributed by atoms with Crippen LogP contribution in [0, 0.1) is 5.92 Å². The molecule has 1 aliphatic rings. The van der Waals surface area contributed by atoms with E-state index in [1.54, 1.807) is 12.7 Å². The third-order valence-electron chi connectivity index (χ3n) is 4.16. The fraction of sp³-hybridized carbons (Fsp3) is 0.500. The summed E-state index contributed by atoms with van der Waals surface area (Å²) in [5.41, 5.74) is 2.20. The number of nitrogens with zero attached hydrogens (tertiary/aromatic N) is 3. The van der Waals surface area contributed by atoms with E-state index >= 15 is 0 Å². The van der Waals surface area contributed by atoms with E-state index in [1.165, 1.54) is 38.5 Å². The summed E-state index contributed by atoms with van der Waals surface area (Å²) in [5.74, 6) is 0.912. The molecule has 20 heavy (non-hydrogen) atoms. The molecule has 0 radical (unpaired) electrons. The van der Waals surface area contributed by atoms with Crippen molar-refractivity contribution in [2.24, 2.45) is 5.92 Å². The molecule has 1 aliphatic carbocycles. The van der Waals surface area contributed by atoms with E-state index in [4.69, 9.17) is 0 Å². The van der Waals surface area contributed by atoms with Gasteiger partial charge in [0.1, 0.15) is 12.7 Å². The number of hydrogen-bond donors (Lipinski definition) is 1. The van der Waals surface area contributed by atoms with E-state index in [2.05, 4.69) is 33.6 Å². The number of aromatic nitrogens is 3. The third-order valence-corrected chi connectivity index (χ3v) is 4.16. The minimum atomic E-state index is 0.912. The number of rotatable bonds is 5. The van der Waals surface area contributed by atoms with Gasteiger partial charge in [-0.1, -0.05) is 44.2 Å². The van der Waals surface area contributed by atoms with Crippen LogP contribution in [0.15, 0.2) is 36.9 Å². The lowest BCUT2D eigenvalue weighted by atomic mass is 9.87. The van der Waals surface area contributed by atoms with Crippen molar-refractivity contribution in [3.05, 3.63) is 36.9 Å². The highest BCUT2D eigenvalue weighted by atomic mass is 15.3. The van der Waals surface area contributed by atoms with Crippen LogP contribution >= 0.6 is 0 Å². The molecule has 0 bridgehead atoms. The zero-order valence-electron chi connectivity index (χ0n) is 11.8. The van der Waals surface area contributed by atoms with E-state index in [9.17, 15) is 0 Å². The minimum Gasteiger partial charge on any atom is -0.383 e. The minimum absolute atomic E-state index is 0.912. The van der Waals surface area contributed by atoms with E-state index < -0.39 is 0 Å². The highest BCUT2D eigenvalue weighted by molar-refractivity contribution is 5.60. The summed E-state index contributed by atoms with van der Waals surface area (Å²) in [5, 5.41) is 7.77. The van der Waals surface area contributed by atoms with Gasteiger partial charge >= 0.3 is 0 Å². The summed E-state index contributed by atoms with van der Waals surface area (Å²) < 4.78 is 1.81. The highest BCUT2D eigenvalue weighted by Crippen LogP contribution is 2.26. The molecule has 3 rings (SSSR count). The van der Waals surface area contributed by atoms with Crippen molar-refractivity contribution in [2.75, 3.05) is 11.9 Å². The van der Waals surface area contributed by atoms with Gasteiger partial charge < -0.3 is 5.32 Å². The zero-order valence-corrected chi connectivity index (χ0v) is 11.8. The second kappa shape index (κ2) is 6.55. The molecule has 1 aromatic heterocycles. The largest absolute Gasteiger partial charge is 0.383 e. The van der Waals surface area contributed by atoms with Crippen molar-refractivity contribution < 1.29 is 0 Å². The maximum Gasteiger partial charge on any atom is 0.138 e. The first-order valence-electron chi connectivity index (χ1n) is 7.61. The van der Waals surface area contributed by atoms with Crippen molar-refractivity contribution >= 4 is 5.69 Å². The van der Waals surface area contributed by atoms with Crippen LogP contribution in [0.5, 0.6) is 0 Å². The van der Waals surface area contributed by atoms with Crippen LogP contribution in [-0.2, 0) is 0 Å². The smallest absolute Gasteiger partial charge is 0.138 e. The lowest BCUT2D eigenvalue weighted by Crippen LogP contribution is -2.13. The average Bonchev–Trinajstić information content (AvgIpc) is 3.03. The molecular weight excluding hydrogens is 248 g/mol. The van der Waals surface area contributed by atoms with Crippen LogP contribution in [0.2, 0.25) is 0 Å². The van der Waals surface area contributed by atoms with E-state index in [0.29, 0.717) is 0 Å². The lowest BCUT2D eigenvalue weighted by molar-refractivity contribution is 0.345. The monoisotopic (exact) mass is 270 g/mol. The van der Waals surface area contributed by atoms with Gasteiger partial charge in [0.05, 0.1) is 11.4 Å². The molecule has 0 atom stereocenters. The molecule has 0 unspecified atom stereocenters. The van der Waals surface area contributed by atoms with Gasteiger partial charge in [0.15, 0.2) is 0 Å². The molecular formula is C16H22N4. The molecule has 0 spiro atoms. The molecule has 0 aliphatic heterocycles. The molecule has 4 nitrogen and oxygen atoms in total. The van der Waals surface area contributed by atoms with E-state index in [-0.39, 0.29) is 0 Å². The van der Waals surface area contributed by atoms with Gasteiger partial charge in [-0.2, -0.15) is 5.10 Å². The Bertz CT molecular complexity index is 515. The van der Waals surface area contributed by atoms with Crippen molar-refractivity contribution in [2.45, 2.75) is 38.5 Å². The molecule has 1 heterocycles. The second-order valence-electron chi connectivity index (χ2n) is 5.58. The quantitative estimate of drug-likeness (QED) is 0.901. The third kappa shape index (κ3) is 3.18. The van der Waals surface area contributed by atoms with Gasteiger partial charge in [-0.3, -0.25) is 0 Å². The van der Waals surface area contributed by atoms with Gasteiger partial charge in [-0.05, 0) is 24.5 Å². The van der Waals surface area contributed by atoms with E-state index in [0.717, 1.165) is 23.8 Å². The summed E-state index contributed by atoms with van der Waals surface area (Å²) in [6.45, 7) is 1.04. The summed E-state index contributed by atoms with van der Waals surface area (Å²) in [6.07, 6.45) is 11.7. The van der Waals surface area contributed by atoms with Crippen LogP contribution in [0.1, 0.15) is 38.5 Å². The zero-order chi connectivity index (χ0) is 13.6. The molecule has 1 aromatic carbocycles. The fourth-order valence-corrected chi connectivity index (χ4v) is 3.04.